The minimum Gasteiger partial charge on any atom is -0.380 e. The topological polar surface area (TPSA) is 46.9 Å². The van der Waals surface area contributed by atoms with Crippen molar-refractivity contribution in [2.45, 2.75) is 39.3 Å². The van der Waals surface area contributed by atoms with Crippen LogP contribution in [0.5, 0.6) is 0 Å². The molecule has 2 aromatic heterocycles. The molecule has 1 N–H and O–H groups in total. The predicted octanol–water partition coefficient (Wildman–Crippen LogP) is 4.97. The van der Waals surface area contributed by atoms with Gasteiger partial charge in [-0.25, -0.2) is 4.98 Å². The monoisotopic (exact) mass is 395 g/mol. The summed E-state index contributed by atoms with van der Waals surface area (Å²) in [5.74, 6) is 0. The lowest BCUT2D eigenvalue weighted by Crippen LogP contribution is -2.20. The molecule has 0 atom stereocenters. The van der Waals surface area contributed by atoms with Crippen LogP contribution in [0.25, 0.3) is 22.2 Å². The van der Waals surface area contributed by atoms with Gasteiger partial charge in [-0.3, -0.25) is 4.79 Å². The molecule has 0 amide bonds. The van der Waals surface area contributed by atoms with Crippen molar-refractivity contribution in [3.63, 3.8) is 0 Å². The van der Waals surface area contributed by atoms with Gasteiger partial charge in [-0.1, -0.05) is 48.5 Å². The Balaban J connectivity index is 1.56. The van der Waals surface area contributed by atoms with Gasteiger partial charge in [-0.2, -0.15) is 0 Å². The summed E-state index contributed by atoms with van der Waals surface area (Å²) in [6, 6.07) is 18.9. The summed E-state index contributed by atoms with van der Waals surface area (Å²) in [7, 11) is 0. The Labute approximate surface area is 176 Å². The maximum atomic E-state index is 13.4. The summed E-state index contributed by atoms with van der Waals surface area (Å²) in [6.45, 7) is 4.88. The number of pyridine rings is 2. The largest absolute Gasteiger partial charge is 0.380 e. The highest BCUT2D eigenvalue weighted by Crippen LogP contribution is 2.26. The predicted molar refractivity (Wildman–Crippen MR) is 123 cm³/mol. The number of aromatic nitrogens is 2. The Bertz CT molecular complexity index is 1280. The molecule has 1 aliphatic carbocycles. The molecule has 0 fully saturated rings. The van der Waals surface area contributed by atoms with Crippen LogP contribution in [0, 0.1) is 6.92 Å². The number of rotatable bonds is 4. The van der Waals surface area contributed by atoms with E-state index in [0.717, 1.165) is 47.4 Å². The summed E-state index contributed by atoms with van der Waals surface area (Å²) < 4.78 is 2.06. The van der Waals surface area contributed by atoms with Gasteiger partial charge >= 0.3 is 0 Å². The fourth-order valence-electron chi connectivity index (χ4n) is 4.56. The Kier molecular flexibility index (Phi) is 4.62. The summed E-state index contributed by atoms with van der Waals surface area (Å²) in [5, 5.41) is 4.27. The number of anilines is 1. The molecule has 0 aliphatic heterocycles. The molecule has 4 heteroatoms. The van der Waals surface area contributed by atoms with E-state index in [1.54, 1.807) is 0 Å². The molecule has 0 radical (unpaired) electrons. The summed E-state index contributed by atoms with van der Waals surface area (Å²) >= 11 is 0. The second kappa shape index (κ2) is 7.45. The highest BCUT2D eigenvalue weighted by Gasteiger charge is 2.21. The van der Waals surface area contributed by atoms with Crippen molar-refractivity contribution in [3.8, 4) is 11.1 Å². The van der Waals surface area contributed by atoms with Crippen molar-refractivity contribution in [2.75, 3.05) is 5.32 Å². The highest BCUT2D eigenvalue weighted by atomic mass is 16.1. The molecular formula is C26H25N3O. The lowest BCUT2D eigenvalue weighted by atomic mass is 10.0. The fourth-order valence-corrected chi connectivity index (χ4v) is 4.56. The smallest absolute Gasteiger partial charge is 0.198 e. The van der Waals surface area contributed by atoms with E-state index < -0.39 is 0 Å². The van der Waals surface area contributed by atoms with E-state index in [1.165, 1.54) is 11.1 Å². The van der Waals surface area contributed by atoms with Gasteiger partial charge in [0.15, 0.2) is 5.43 Å². The molecule has 1 aliphatic rings. The second-order valence-corrected chi connectivity index (χ2v) is 8.09. The van der Waals surface area contributed by atoms with Gasteiger partial charge < -0.3 is 9.88 Å². The zero-order valence-corrected chi connectivity index (χ0v) is 17.4. The molecule has 4 nitrogen and oxygen atoms in total. The normalized spacial score (nSPS) is 13.5. The van der Waals surface area contributed by atoms with Gasteiger partial charge in [0.25, 0.3) is 0 Å². The molecule has 30 heavy (non-hydrogen) atoms. The summed E-state index contributed by atoms with van der Waals surface area (Å²) in [4.78, 5) is 18.1. The van der Waals surface area contributed by atoms with Crippen molar-refractivity contribution in [1.29, 1.82) is 0 Å². The first-order valence-corrected chi connectivity index (χ1v) is 10.6. The van der Waals surface area contributed by atoms with Gasteiger partial charge in [0, 0.05) is 24.3 Å². The van der Waals surface area contributed by atoms with Gasteiger partial charge in [0.1, 0.15) is 5.65 Å². The Morgan fingerprint density at radius 3 is 2.43 bits per heavy atom. The number of nitrogens with zero attached hydrogens (tertiary/aromatic N) is 2. The van der Waals surface area contributed by atoms with Crippen molar-refractivity contribution < 1.29 is 0 Å². The van der Waals surface area contributed by atoms with Crippen LogP contribution in [0.1, 0.15) is 23.6 Å². The number of hydrogen-bond acceptors (Lipinski definition) is 3. The molecule has 2 heterocycles. The molecule has 0 unspecified atom stereocenters. The van der Waals surface area contributed by atoms with Crippen LogP contribution in [-0.2, 0) is 19.4 Å². The second-order valence-electron chi connectivity index (χ2n) is 8.09. The Morgan fingerprint density at radius 1 is 1.03 bits per heavy atom. The minimum absolute atomic E-state index is 0.0369. The van der Waals surface area contributed by atoms with Crippen LogP contribution in [0.3, 0.4) is 0 Å². The Hall–Kier alpha value is -3.40. The molecule has 5 rings (SSSR count). The van der Waals surface area contributed by atoms with Crippen molar-refractivity contribution in [1.82, 2.24) is 9.55 Å². The average molecular weight is 396 g/mol. The number of nitrogens with one attached hydrogen (secondary N) is 1. The number of benzene rings is 2. The lowest BCUT2D eigenvalue weighted by Gasteiger charge is -2.16. The average Bonchev–Trinajstić information content (AvgIpc) is 3.17. The van der Waals surface area contributed by atoms with E-state index in [0.29, 0.717) is 11.4 Å². The number of aryl methyl sites for hydroxylation is 2. The van der Waals surface area contributed by atoms with Crippen LogP contribution in [-0.4, -0.2) is 15.6 Å². The Morgan fingerprint density at radius 2 is 1.73 bits per heavy atom. The van der Waals surface area contributed by atoms with Crippen LogP contribution in [0.4, 0.5) is 5.69 Å². The fraction of sp³-hybridized carbons (Fsp3) is 0.231. The van der Waals surface area contributed by atoms with Crippen LogP contribution >= 0.6 is 0 Å². The molecule has 2 aromatic carbocycles. The van der Waals surface area contributed by atoms with Crippen LogP contribution in [0.15, 0.2) is 71.8 Å². The third-order valence-corrected chi connectivity index (χ3v) is 6.11. The SMILES string of the molecule is CCn1cc(-c2ccccc2C)c(=O)c2cc(NC3Cc4ccccc4C3)cnc21. The zero-order chi connectivity index (χ0) is 20.7. The van der Waals surface area contributed by atoms with E-state index in [9.17, 15) is 4.79 Å². The maximum absolute atomic E-state index is 13.4. The molecule has 150 valence electrons. The van der Waals surface area contributed by atoms with E-state index in [4.69, 9.17) is 0 Å². The maximum Gasteiger partial charge on any atom is 0.198 e. The van der Waals surface area contributed by atoms with Crippen LogP contribution < -0.4 is 10.7 Å². The highest BCUT2D eigenvalue weighted by molar-refractivity contribution is 5.84. The van der Waals surface area contributed by atoms with E-state index in [1.807, 2.05) is 49.6 Å². The molecule has 0 bridgehead atoms. The first-order valence-electron chi connectivity index (χ1n) is 10.6. The third kappa shape index (κ3) is 3.18. The lowest BCUT2D eigenvalue weighted by molar-refractivity contribution is 0.769. The molecule has 4 aromatic rings. The van der Waals surface area contributed by atoms with Crippen molar-refractivity contribution >= 4 is 16.7 Å². The van der Waals surface area contributed by atoms with Gasteiger partial charge in [0.2, 0.25) is 0 Å². The van der Waals surface area contributed by atoms with E-state index in [-0.39, 0.29) is 5.43 Å². The quantitative estimate of drug-likeness (QED) is 0.531. The molecular weight excluding hydrogens is 370 g/mol. The third-order valence-electron chi connectivity index (χ3n) is 6.11. The first-order chi connectivity index (χ1) is 14.6. The number of hydrogen-bond donors (Lipinski definition) is 1. The first kappa shape index (κ1) is 18.6. The molecule has 0 saturated carbocycles. The standard InChI is InChI=1S/C26H25N3O/c1-3-29-16-24(22-11-7-4-8-17(22)2)25(30)23-14-21(15-27-26(23)29)28-20-12-18-9-5-6-10-19(18)13-20/h4-11,14-16,20,28H,3,12-13H2,1-2H3. The van der Waals surface area contributed by atoms with E-state index in [2.05, 4.69) is 46.1 Å². The molecule has 0 saturated heterocycles. The van der Waals surface area contributed by atoms with Crippen molar-refractivity contribution in [2.24, 2.45) is 0 Å². The van der Waals surface area contributed by atoms with Gasteiger partial charge in [-0.05, 0) is 55.0 Å². The van der Waals surface area contributed by atoms with E-state index >= 15 is 0 Å². The molecule has 0 spiro atoms. The zero-order valence-electron chi connectivity index (χ0n) is 17.4. The number of fused-ring (bicyclic) bond motifs is 2. The summed E-state index contributed by atoms with van der Waals surface area (Å²) in [6.07, 6.45) is 5.79. The summed E-state index contributed by atoms with van der Waals surface area (Å²) in [5.41, 5.74) is 7.29. The van der Waals surface area contributed by atoms with Gasteiger partial charge in [-0.15, -0.1) is 0 Å². The van der Waals surface area contributed by atoms with Crippen molar-refractivity contribution in [3.05, 3.63) is 93.9 Å². The van der Waals surface area contributed by atoms with Crippen LogP contribution in [0.2, 0.25) is 0 Å². The van der Waals surface area contributed by atoms with Gasteiger partial charge in [0.05, 0.1) is 17.3 Å². The minimum atomic E-state index is 0.0369.